The van der Waals surface area contributed by atoms with Crippen molar-refractivity contribution in [2.75, 3.05) is 44.2 Å². The zero-order chi connectivity index (χ0) is 16.2. The highest BCUT2D eigenvalue weighted by molar-refractivity contribution is 6.12. The third kappa shape index (κ3) is 3.53. The molecule has 0 radical (unpaired) electrons. The Morgan fingerprint density at radius 2 is 1.57 bits per heavy atom. The first kappa shape index (κ1) is 15.6. The molecular formula is C17H21N3O3. The molecule has 6 heteroatoms. The van der Waals surface area contributed by atoms with Crippen molar-refractivity contribution in [3.05, 3.63) is 36.4 Å². The molecule has 1 aromatic carbocycles. The average molecular weight is 315 g/mol. The number of carbonyl (C=O) groups is 2. The maximum Gasteiger partial charge on any atom is 0.253 e. The number of phenolic OH excluding ortho intramolecular Hbond substituents is 1. The van der Waals surface area contributed by atoms with E-state index < -0.39 is 0 Å². The second-order valence-electron chi connectivity index (χ2n) is 5.83. The summed E-state index contributed by atoms with van der Waals surface area (Å²) in [6.07, 6.45) is 3.44. The second kappa shape index (κ2) is 6.83. The molecule has 1 aromatic rings. The lowest BCUT2D eigenvalue weighted by atomic mass is 10.2. The molecule has 1 saturated heterocycles. The van der Waals surface area contributed by atoms with Gasteiger partial charge in [0.15, 0.2) is 0 Å². The van der Waals surface area contributed by atoms with Gasteiger partial charge < -0.3 is 10.0 Å². The summed E-state index contributed by atoms with van der Waals surface area (Å²) in [5, 5.41) is 9.91. The van der Waals surface area contributed by atoms with Crippen molar-refractivity contribution in [2.45, 2.75) is 6.42 Å². The molecule has 0 atom stereocenters. The van der Waals surface area contributed by atoms with Gasteiger partial charge in [-0.15, -0.1) is 0 Å². The minimum Gasteiger partial charge on any atom is -0.506 e. The highest BCUT2D eigenvalue weighted by Crippen LogP contribution is 2.27. The van der Waals surface area contributed by atoms with Crippen LogP contribution in [0.2, 0.25) is 0 Å². The van der Waals surface area contributed by atoms with Gasteiger partial charge in [0.05, 0.1) is 5.69 Å². The largest absolute Gasteiger partial charge is 0.506 e. The molecule has 2 aliphatic rings. The van der Waals surface area contributed by atoms with E-state index in [0.717, 1.165) is 44.8 Å². The molecule has 0 bridgehead atoms. The Morgan fingerprint density at radius 3 is 2.22 bits per heavy atom. The number of piperazine rings is 1. The minimum absolute atomic E-state index is 0.209. The van der Waals surface area contributed by atoms with Crippen LogP contribution in [0.25, 0.3) is 0 Å². The van der Waals surface area contributed by atoms with Crippen LogP contribution in [0.4, 0.5) is 5.69 Å². The maximum absolute atomic E-state index is 11.5. The van der Waals surface area contributed by atoms with Crippen molar-refractivity contribution in [2.24, 2.45) is 0 Å². The quantitative estimate of drug-likeness (QED) is 0.816. The molecule has 6 nitrogen and oxygen atoms in total. The number of aromatic hydroxyl groups is 1. The van der Waals surface area contributed by atoms with Crippen LogP contribution in [0.1, 0.15) is 6.42 Å². The monoisotopic (exact) mass is 315 g/mol. The van der Waals surface area contributed by atoms with Crippen LogP contribution in [0.5, 0.6) is 5.75 Å². The highest BCUT2D eigenvalue weighted by atomic mass is 16.3. The molecule has 0 saturated carbocycles. The molecule has 122 valence electrons. The van der Waals surface area contributed by atoms with E-state index in [0.29, 0.717) is 12.3 Å². The predicted octanol–water partition coefficient (Wildman–Crippen LogP) is 0.829. The SMILES string of the molecule is O=C1C=CC(=O)N1CCCN1CCN(c2ccccc2O)CC1. The van der Waals surface area contributed by atoms with Crippen LogP contribution in [-0.2, 0) is 9.59 Å². The Labute approximate surface area is 135 Å². The zero-order valence-corrected chi connectivity index (χ0v) is 13.0. The molecule has 2 aliphatic heterocycles. The topological polar surface area (TPSA) is 64.1 Å². The van der Waals surface area contributed by atoms with E-state index in [1.807, 2.05) is 18.2 Å². The van der Waals surface area contributed by atoms with Gasteiger partial charge in [0, 0.05) is 44.9 Å². The van der Waals surface area contributed by atoms with E-state index >= 15 is 0 Å². The van der Waals surface area contributed by atoms with Gasteiger partial charge in [0.25, 0.3) is 11.8 Å². The van der Waals surface area contributed by atoms with E-state index in [9.17, 15) is 14.7 Å². The van der Waals surface area contributed by atoms with Gasteiger partial charge >= 0.3 is 0 Å². The smallest absolute Gasteiger partial charge is 0.253 e. The van der Waals surface area contributed by atoms with Crippen LogP contribution in [-0.4, -0.2) is 66.0 Å². The molecule has 2 amide bonds. The number of phenols is 1. The molecule has 1 N–H and O–H groups in total. The van der Waals surface area contributed by atoms with E-state index in [2.05, 4.69) is 9.80 Å². The summed E-state index contributed by atoms with van der Waals surface area (Å²) in [5.41, 5.74) is 0.881. The number of nitrogens with zero attached hydrogens (tertiary/aromatic N) is 3. The molecule has 0 unspecified atom stereocenters. The van der Waals surface area contributed by atoms with Gasteiger partial charge in [-0.05, 0) is 25.1 Å². The molecule has 23 heavy (non-hydrogen) atoms. The number of para-hydroxylation sites is 2. The van der Waals surface area contributed by atoms with Gasteiger partial charge in [-0.1, -0.05) is 12.1 Å². The maximum atomic E-state index is 11.5. The fourth-order valence-corrected chi connectivity index (χ4v) is 3.05. The number of rotatable bonds is 5. The normalized spacial score (nSPS) is 19.0. The summed E-state index contributed by atoms with van der Waals surface area (Å²) < 4.78 is 0. The number of carbonyl (C=O) groups excluding carboxylic acids is 2. The summed E-state index contributed by atoms with van der Waals surface area (Å²) in [7, 11) is 0. The average Bonchev–Trinajstić information content (AvgIpc) is 2.88. The molecule has 0 aliphatic carbocycles. The molecular weight excluding hydrogens is 294 g/mol. The molecule has 1 fully saturated rings. The summed E-state index contributed by atoms with van der Waals surface area (Å²) in [5.74, 6) is -0.0988. The lowest BCUT2D eigenvalue weighted by Gasteiger charge is -2.36. The summed E-state index contributed by atoms with van der Waals surface area (Å²) in [4.78, 5) is 28.7. The number of imide groups is 1. The number of anilines is 1. The Bertz CT molecular complexity index is 603. The Morgan fingerprint density at radius 1 is 0.913 bits per heavy atom. The van der Waals surface area contributed by atoms with Crippen LogP contribution >= 0.6 is 0 Å². The summed E-state index contributed by atoms with van der Waals surface area (Å²) >= 11 is 0. The summed E-state index contributed by atoms with van der Waals surface area (Å²) in [6.45, 7) is 4.89. The van der Waals surface area contributed by atoms with Gasteiger partial charge in [0.1, 0.15) is 5.75 Å². The first-order chi connectivity index (χ1) is 11.1. The third-order valence-electron chi connectivity index (χ3n) is 4.35. The Kier molecular flexibility index (Phi) is 4.62. The molecule has 0 aromatic heterocycles. The van der Waals surface area contributed by atoms with Gasteiger partial charge in [-0.25, -0.2) is 0 Å². The van der Waals surface area contributed by atoms with Crippen LogP contribution < -0.4 is 4.90 Å². The van der Waals surface area contributed by atoms with Crippen molar-refractivity contribution in [1.29, 1.82) is 0 Å². The Hall–Kier alpha value is -2.34. The molecule has 2 heterocycles. The van der Waals surface area contributed by atoms with Gasteiger partial charge in [-0.3, -0.25) is 19.4 Å². The van der Waals surface area contributed by atoms with E-state index in [-0.39, 0.29) is 11.8 Å². The second-order valence-corrected chi connectivity index (χ2v) is 5.83. The van der Waals surface area contributed by atoms with Crippen molar-refractivity contribution < 1.29 is 14.7 Å². The lowest BCUT2D eigenvalue weighted by molar-refractivity contribution is -0.136. The van der Waals surface area contributed by atoms with Crippen molar-refractivity contribution in [1.82, 2.24) is 9.80 Å². The highest BCUT2D eigenvalue weighted by Gasteiger charge is 2.23. The standard InChI is InChI=1S/C17H21N3O3/c21-15-5-2-1-4-14(15)19-12-10-18(11-13-19)8-3-9-20-16(22)6-7-17(20)23/h1-2,4-7,21H,3,8-13H2. The first-order valence-corrected chi connectivity index (χ1v) is 7.94. The minimum atomic E-state index is -0.209. The van der Waals surface area contributed by atoms with Crippen LogP contribution in [0, 0.1) is 0 Å². The fraction of sp³-hybridized carbons (Fsp3) is 0.412. The van der Waals surface area contributed by atoms with Crippen molar-refractivity contribution in [3.63, 3.8) is 0 Å². The van der Waals surface area contributed by atoms with E-state index in [4.69, 9.17) is 0 Å². The zero-order valence-electron chi connectivity index (χ0n) is 13.0. The van der Waals surface area contributed by atoms with Crippen LogP contribution in [0.3, 0.4) is 0 Å². The summed E-state index contributed by atoms with van der Waals surface area (Å²) in [6, 6.07) is 7.40. The van der Waals surface area contributed by atoms with Crippen molar-refractivity contribution in [3.8, 4) is 5.75 Å². The van der Waals surface area contributed by atoms with E-state index in [1.54, 1.807) is 6.07 Å². The molecule has 3 rings (SSSR count). The lowest BCUT2D eigenvalue weighted by Crippen LogP contribution is -2.47. The van der Waals surface area contributed by atoms with Crippen LogP contribution in [0.15, 0.2) is 36.4 Å². The van der Waals surface area contributed by atoms with E-state index in [1.165, 1.54) is 17.1 Å². The fourth-order valence-electron chi connectivity index (χ4n) is 3.05. The predicted molar refractivity (Wildman–Crippen MR) is 87.2 cm³/mol. The van der Waals surface area contributed by atoms with Gasteiger partial charge in [0.2, 0.25) is 0 Å². The number of benzene rings is 1. The number of amides is 2. The van der Waals surface area contributed by atoms with Gasteiger partial charge in [-0.2, -0.15) is 0 Å². The number of hydrogen-bond donors (Lipinski definition) is 1. The number of hydrogen-bond acceptors (Lipinski definition) is 5. The van der Waals surface area contributed by atoms with Crippen molar-refractivity contribution >= 4 is 17.5 Å². The first-order valence-electron chi connectivity index (χ1n) is 7.94. The third-order valence-corrected chi connectivity index (χ3v) is 4.35. The Balaban J connectivity index is 1.42. The molecule has 0 spiro atoms.